The number of halogens is 1. The summed E-state index contributed by atoms with van der Waals surface area (Å²) in [6.45, 7) is 6.22. The maximum absolute atomic E-state index is 13.1. The number of nitrogens with zero attached hydrogens (tertiary/aromatic N) is 1. The maximum atomic E-state index is 13.1. The minimum absolute atomic E-state index is 0.00692. The number of ether oxygens (including phenoxy) is 2. The van der Waals surface area contributed by atoms with Crippen LogP contribution in [0, 0.1) is 17.7 Å². The SMILES string of the molecule is CC(C)C(NC(=O)C1CCN(C(=O)c2ccc(F)cc2)CC1)c1ccc2c(c1)OCCO2. The quantitative estimate of drug-likeness (QED) is 0.764. The van der Waals surface area contributed by atoms with Crippen molar-refractivity contribution in [2.75, 3.05) is 26.3 Å². The number of likely N-dealkylation sites (tertiary alicyclic amines) is 1. The van der Waals surface area contributed by atoms with Gasteiger partial charge >= 0.3 is 0 Å². The Morgan fingerprint density at radius 3 is 2.31 bits per heavy atom. The van der Waals surface area contributed by atoms with Crippen molar-refractivity contribution in [3.05, 3.63) is 59.4 Å². The number of nitrogens with one attached hydrogen (secondary N) is 1. The van der Waals surface area contributed by atoms with Crippen LogP contribution >= 0.6 is 0 Å². The number of carbonyl (C=O) groups excluding carboxylic acids is 2. The number of benzene rings is 2. The molecule has 0 aromatic heterocycles. The fraction of sp³-hybridized carbons (Fsp3) is 0.440. The van der Waals surface area contributed by atoms with Gasteiger partial charge in [0.2, 0.25) is 5.91 Å². The third kappa shape index (κ3) is 4.87. The van der Waals surface area contributed by atoms with E-state index in [0.717, 1.165) is 11.3 Å². The number of hydrogen-bond acceptors (Lipinski definition) is 4. The summed E-state index contributed by atoms with van der Waals surface area (Å²) in [4.78, 5) is 27.4. The van der Waals surface area contributed by atoms with Crippen LogP contribution in [-0.4, -0.2) is 43.0 Å². The molecule has 0 spiro atoms. The molecule has 2 heterocycles. The number of hydrogen-bond donors (Lipinski definition) is 1. The lowest BCUT2D eigenvalue weighted by Crippen LogP contribution is -2.44. The van der Waals surface area contributed by atoms with Gasteiger partial charge in [0.1, 0.15) is 19.0 Å². The second-order valence-corrected chi connectivity index (χ2v) is 8.71. The molecule has 2 aromatic rings. The van der Waals surface area contributed by atoms with Crippen LogP contribution in [0.1, 0.15) is 48.7 Å². The van der Waals surface area contributed by atoms with Crippen molar-refractivity contribution >= 4 is 11.8 Å². The molecule has 0 saturated carbocycles. The van der Waals surface area contributed by atoms with Gasteiger partial charge in [-0.25, -0.2) is 4.39 Å². The largest absolute Gasteiger partial charge is 0.486 e. The Kier molecular flexibility index (Phi) is 6.63. The Morgan fingerprint density at radius 2 is 1.66 bits per heavy atom. The molecule has 1 unspecified atom stereocenters. The molecule has 1 saturated heterocycles. The van der Waals surface area contributed by atoms with Crippen LogP contribution in [-0.2, 0) is 4.79 Å². The molecule has 1 fully saturated rings. The Labute approximate surface area is 187 Å². The third-order valence-corrected chi connectivity index (χ3v) is 6.13. The number of carbonyl (C=O) groups is 2. The molecule has 4 rings (SSSR count). The number of amides is 2. The van der Waals surface area contributed by atoms with Crippen molar-refractivity contribution in [1.82, 2.24) is 10.2 Å². The summed E-state index contributed by atoms with van der Waals surface area (Å²) >= 11 is 0. The minimum atomic E-state index is -0.366. The monoisotopic (exact) mass is 440 g/mol. The molecule has 6 nitrogen and oxygen atoms in total. The van der Waals surface area contributed by atoms with Crippen LogP contribution < -0.4 is 14.8 Å². The lowest BCUT2D eigenvalue weighted by Gasteiger charge is -2.33. The molecule has 0 bridgehead atoms. The summed E-state index contributed by atoms with van der Waals surface area (Å²) in [6.07, 6.45) is 1.20. The van der Waals surface area contributed by atoms with E-state index < -0.39 is 0 Å². The molecule has 0 radical (unpaired) electrons. The first kappa shape index (κ1) is 22.1. The Bertz CT molecular complexity index is 968. The van der Waals surface area contributed by atoms with Gasteiger partial charge in [-0.3, -0.25) is 9.59 Å². The summed E-state index contributed by atoms with van der Waals surface area (Å²) < 4.78 is 24.4. The van der Waals surface area contributed by atoms with Crippen molar-refractivity contribution in [2.24, 2.45) is 11.8 Å². The lowest BCUT2D eigenvalue weighted by atomic mass is 9.92. The first-order valence-corrected chi connectivity index (χ1v) is 11.2. The van der Waals surface area contributed by atoms with Crippen molar-refractivity contribution < 1.29 is 23.5 Å². The minimum Gasteiger partial charge on any atom is -0.486 e. The van der Waals surface area contributed by atoms with Gasteiger partial charge in [-0.05, 0) is 60.7 Å². The first-order valence-electron chi connectivity index (χ1n) is 11.2. The third-order valence-electron chi connectivity index (χ3n) is 6.13. The van der Waals surface area contributed by atoms with E-state index in [4.69, 9.17) is 9.47 Å². The van der Waals surface area contributed by atoms with Gasteiger partial charge in [-0.15, -0.1) is 0 Å². The number of piperidine rings is 1. The van der Waals surface area contributed by atoms with Crippen LogP contribution in [0.2, 0.25) is 0 Å². The van der Waals surface area contributed by atoms with Gasteiger partial charge in [-0.2, -0.15) is 0 Å². The number of fused-ring (bicyclic) bond motifs is 1. The fourth-order valence-corrected chi connectivity index (χ4v) is 4.28. The first-order chi connectivity index (χ1) is 15.4. The van der Waals surface area contributed by atoms with Crippen LogP contribution in [0.4, 0.5) is 4.39 Å². The molecule has 2 aliphatic heterocycles. The van der Waals surface area contributed by atoms with Gasteiger partial charge in [0.15, 0.2) is 11.5 Å². The fourth-order valence-electron chi connectivity index (χ4n) is 4.28. The highest BCUT2D eigenvalue weighted by Crippen LogP contribution is 2.34. The van der Waals surface area contributed by atoms with Crippen molar-refractivity contribution in [1.29, 1.82) is 0 Å². The van der Waals surface area contributed by atoms with Crippen LogP contribution in [0.5, 0.6) is 11.5 Å². The second kappa shape index (κ2) is 9.59. The average molecular weight is 441 g/mol. The normalized spacial score (nSPS) is 17.2. The van der Waals surface area contributed by atoms with Gasteiger partial charge in [0.25, 0.3) is 5.91 Å². The summed E-state index contributed by atoms with van der Waals surface area (Å²) in [5.41, 5.74) is 1.45. The van der Waals surface area contributed by atoms with Gasteiger partial charge < -0.3 is 19.7 Å². The molecule has 7 heteroatoms. The van der Waals surface area contributed by atoms with Gasteiger partial charge in [0.05, 0.1) is 6.04 Å². The zero-order chi connectivity index (χ0) is 22.7. The van der Waals surface area contributed by atoms with E-state index in [9.17, 15) is 14.0 Å². The van der Waals surface area contributed by atoms with Gasteiger partial charge in [0, 0.05) is 24.6 Å². The molecule has 170 valence electrons. The molecule has 1 atom stereocenters. The topological polar surface area (TPSA) is 67.9 Å². The molecule has 32 heavy (non-hydrogen) atoms. The summed E-state index contributed by atoms with van der Waals surface area (Å²) in [5.74, 6) is 1.00. The maximum Gasteiger partial charge on any atom is 0.253 e. The molecule has 2 aromatic carbocycles. The smallest absolute Gasteiger partial charge is 0.253 e. The predicted octanol–water partition coefficient (Wildman–Crippen LogP) is 3.96. The standard InChI is InChI=1S/C25H29FN2O4/c1-16(2)23(19-5-8-21-22(15-19)32-14-13-31-21)27-24(29)17-9-11-28(12-10-17)25(30)18-3-6-20(26)7-4-18/h3-8,15-17,23H,9-14H2,1-2H3,(H,27,29). The number of rotatable bonds is 5. The summed E-state index contributed by atoms with van der Waals surface area (Å²) in [7, 11) is 0. The second-order valence-electron chi connectivity index (χ2n) is 8.71. The van der Waals surface area contributed by atoms with E-state index >= 15 is 0 Å². The summed E-state index contributed by atoms with van der Waals surface area (Å²) in [6, 6.07) is 11.2. The van der Waals surface area contributed by atoms with Crippen LogP contribution in [0.15, 0.2) is 42.5 Å². The zero-order valence-electron chi connectivity index (χ0n) is 18.5. The zero-order valence-corrected chi connectivity index (χ0v) is 18.5. The highest BCUT2D eigenvalue weighted by Gasteiger charge is 2.30. The Hall–Kier alpha value is -3.09. The predicted molar refractivity (Wildman–Crippen MR) is 118 cm³/mol. The van der Waals surface area contributed by atoms with E-state index in [1.54, 1.807) is 4.90 Å². The van der Waals surface area contributed by atoms with Crippen molar-refractivity contribution in [2.45, 2.75) is 32.7 Å². The van der Waals surface area contributed by atoms with E-state index in [1.165, 1.54) is 24.3 Å². The highest BCUT2D eigenvalue weighted by atomic mass is 19.1. The Balaban J connectivity index is 1.37. The summed E-state index contributed by atoms with van der Waals surface area (Å²) in [5, 5.41) is 3.21. The molecule has 2 aliphatic rings. The van der Waals surface area contributed by atoms with E-state index in [1.807, 2.05) is 18.2 Å². The van der Waals surface area contributed by atoms with Gasteiger partial charge in [-0.1, -0.05) is 19.9 Å². The molecule has 0 aliphatic carbocycles. The Morgan fingerprint density at radius 1 is 1.00 bits per heavy atom. The van der Waals surface area contributed by atoms with E-state index in [-0.39, 0.29) is 35.5 Å². The van der Waals surface area contributed by atoms with Crippen molar-refractivity contribution in [3.63, 3.8) is 0 Å². The van der Waals surface area contributed by atoms with E-state index in [2.05, 4.69) is 19.2 Å². The molecular weight excluding hydrogens is 411 g/mol. The molecular formula is C25H29FN2O4. The lowest BCUT2D eigenvalue weighted by molar-refractivity contribution is -0.127. The average Bonchev–Trinajstić information content (AvgIpc) is 2.82. The van der Waals surface area contributed by atoms with E-state index in [0.29, 0.717) is 50.5 Å². The molecule has 1 N–H and O–H groups in total. The van der Waals surface area contributed by atoms with Crippen LogP contribution in [0.3, 0.4) is 0 Å². The molecule has 2 amide bonds. The highest BCUT2D eigenvalue weighted by molar-refractivity contribution is 5.94. The van der Waals surface area contributed by atoms with Crippen LogP contribution in [0.25, 0.3) is 0 Å². The van der Waals surface area contributed by atoms with Crippen molar-refractivity contribution in [3.8, 4) is 11.5 Å².